The summed E-state index contributed by atoms with van der Waals surface area (Å²) in [6, 6.07) is 9.69. The lowest BCUT2D eigenvalue weighted by atomic mass is 9.92. The van der Waals surface area contributed by atoms with Gasteiger partial charge >= 0.3 is 0 Å². The predicted octanol–water partition coefficient (Wildman–Crippen LogP) is 4.53. The molecule has 0 bridgehead atoms. The minimum absolute atomic E-state index is 0. The number of nitrogens with zero attached hydrogens (tertiary/aromatic N) is 1. The number of hydrogen-bond donors (Lipinski definition) is 1. The number of nitrogens with one attached hydrogen (secondary N) is 1. The van der Waals surface area contributed by atoms with E-state index in [9.17, 15) is 0 Å². The van der Waals surface area contributed by atoms with Crippen LogP contribution in [0.1, 0.15) is 31.2 Å². The largest absolute Gasteiger partial charge is 0.360 e. The Morgan fingerprint density at radius 2 is 1.95 bits per heavy atom. The van der Waals surface area contributed by atoms with E-state index in [2.05, 4.69) is 45.5 Å². The Kier molecular flexibility index (Phi) is 5.78. The van der Waals surface area contributed by atoms with Crippen LogP contribution in [0.5, 0.6) is 0 Å². The normalized spacial score (nSPS) is 25.0. The third kappa shape index (κ3) is 3.99. The molecule has 1 aliphatic carbocycles. The second-order valence-corrected chi connectivity index (χ2v) is 6.83. The van der Waals surface area contributed by atoms with Crippen molar-refractivity contribution in [3.8, 4) is 0 Å². The van der Waals surface area contributed by atoms with Crippen molar-refractivity contribution >= 4 is 49.8 Å². The summed E-state index contributed by atoms with van der Waals surface area (Å²) in [4.78, 5) is 4.80. The molecule has 1 saturated carbocycles. The van der Waals surface area contributed by atoms with Crippen molar-refractivity contribution in [1.29, 1.82) is 0 Å². The topological polar surface area (TPSA) is 24.4 Å². The van der Waals surface area contributed by atoms with E-state index in [1.165, 1.54) is 31.2 Å². The van der Waals surface area contributed by atoms with Crippen molar-refractivity contribution in [3.63, 3.8) is 0 Å². The molecule has 2 nitrogen and oxygen atoms in total. The first-order valence-electron chi connectivity index (χ1n) is 6.53. The highest BCUT2D eigenvalue weighted by molar-refractivity contribution is 9.10. The molecule has 104 valence electrons. The zero-order chi connectivity index (χ0) is 12.4. The van der Waals surface area contributed by atoms with Gasteiger partial charge in [0, 0.05) is 10.2 Å². The lowest BCUT2D eigenvalue weighted by molar-refractivity contribution is 0.385. The molecule has 1 N–H and O–H groups in total. The third-order valence-electron chi connectivity index (χ3n) is 3.61. The van der Waals surface area contributed by atoms with E-state index >= 15 is 0 Å². The maximum atomic E-state index is 4.80. The summed E-state index contributed by atoms with van der Waals surface area (Å²) in [5.41, 5.74) is 1.35. The van der Waals surface area contributed by atoms with Crippen LogP contribution in [0, 0.1) is 0 Å². The van der Waals surface area contributed by atoms with Gasteiger partial charge in [-0.1, -0.05) is 52.7 Å². The van der Waals surface area contributed by atoms with Gasteiger partial charge in [0.05, 0.1) is 12.1 Å². The molecule has 0 radical (unpaired) electrons. The average Bonchev–Trinajstić information content (AvgIpc) is 2.81. The van der Waals surface area contributed by atoms with Crippen LogP contribution >= 0.6 is 44.7 Å². The molecule has 1 aromatic rings. The maximum Gasteiger partial charge on any atom is 0.157 e. The van der Waals surface area contributed by atoms with E-state index in [0.29, 0.717) is 12.1 Å². The molecule has 1 aromatic carbocycles. The van der Waals surface area contributed by atoms with Gasteiger partial charge in [-0.05, 0) is 30.5 Å². The number of amidine groups is 1. The highest BCUT2D eigenvalue weighted by Crippen LogP contribution is 2.28. The van der Waals surface area contributed by atoms with Gasteiger partial charge < -0.3 is 5.32 Å². The summed E-state index contributed by atoms with van der Waals surface area (Å²) in [5.74, 6) is 0.999. The Bertz CT molecular complexity index is 447. The second-order valence-electron chi connectivity index (χ2n) is 4.95. The van der Waals surface area contributed by atoms with Crippen LogP contribution in [-0.4, -0.2) is 17.3 Å². The number of benzene rings is 1. The number of aliphatic imine (C=N–C) groups is 1. The maximum absolute atomic E-state index is 4.80. The summed E-state index contributed by atoms with van der Waals surface area (Å²) < 4.78 is 1.14. The molecule has 2 unspecified atom stereocenters. The molecule has 0 aromatic heterocycles. The molecule has 3 rings (SSSR count). The van der Waals surface area contributed by atoms with E-state index in [4.69, 9.17) is 4.99 Å². The van der Waals surface area contributed by atoms with Crippen molar-refractivity contribution in [3.05, 3.63) is 34.3 Å². The first-order valence-corrected chi connectivity index (χ1v) is 8.31. The third-order valence-corrected chi connectivity index (χ3v) is 5.11. The van der Waals surface area contributed by atoms with E-state index in [1.807, 2.05) is 11.8 Å². The molecular formula is C14H18Br2N2S. The zero-order valence-corrected chi connectivity index (χ0v) is 14.8. The molecule has 2 aliphatic rings. The smallest absolute Gasteiger partial charge is 0.157 e. The van der Waals surface area contributed by atoms with Gasteiger partial charge in [0.25, 0.3) is 0 Å². The van der Waals surface area contributed by atoms with Crippen LogP contribution in [0.25, 0.3) is 0 Å². The van der Waals surface area contributed by atoms with Crippen LogP contribution in [0.2, 0.25) is 0 Å². The summed E-state index contributed by atoms with van der Waals surface area (Å²) >= 11 is 5.29. The highest BCUT2D eigenvalue weighted by Gasteiger charge is 2.30. The van der Waals surface area contributed by atoms with Crippen LogP contribution in [0.4, 0.5) is 0 Å². The van der Waals surface area contributed by atoms with Crippen molar-refractivity contribution in [1.82, 2.24) is 5.32 Å². The van der Waals surface area contributed by atoms with Crippen LogP contribution in [-0.2, 0) is 5.75 Å². The molecule has 2 atom stereocenters. The van der Waals surface area contributed by atoms with Crippen LogP contribution in [0.15, 0.2) is 33.7 Å². The molecule has 0 amide bonds. The van der Waals surface area contributed by atoms with E-state index < -0.39 is 0 Å². The fourth-order valence-electron chi connectivity index (χ4n) is 2.59. The molecule has 19 heavy (non-hydrogen) atoms. The molecule has 5 heteroatoms. The first-order chi connectivity index (χ1) is 8.81. The molecule has 1 fully saturated rings. The number of thioether (sulfide) groups is 1. The average molecular weight is 406 g/mol. The summed E-state index contributed by atoms with van der Waals surface area (Å²) in [6.07, 6.45) is 5.25. The van der Waals surface area contributed by atoms with Gasteiger partial charge in [-0.25, -0.2) is 0 Å². The number of hydrogen-bond acceptors (Lipinski definition) is 3. The van der Waals surface area contributed by atoms with Gasteiger partial charge in [-0.2, -0.15) is 0 Å². The van der Waals surface area contributed by atoms with Crippen LogP contribution < -0.4 is 5.32 Å². The summed E-state index contributed by atoms with van der Waals surface area (Å²) in [6.45, 7) is 0. The Morgan fingerprint density at radius 3 is 2.68 bits per heavy atom. The summed E-state index contributed by atoms with van der Waals surface area (Å²) in [5, 5.41) is 4.73. The minimum atomic E-state index is 0. The van der Waals surface area contributed by atoms with Gasteiger partial charge in [0.15, 0.2) is 5.17 Å². The Labute approximate surface area is 137 Å². The fraction of sp³-hybridized carbons (Fsp3) is 0.500. The molecule has 1 aliphatic heterocycles. The van der Waals surface area contributed by atoms with Gasteiger partial charge in [-0.15, -0.1) is 17.0 Å². The number of rotatable bonds is 2. The number of fused-ring (bicyclic) bond motifs is 1. The van der Waals surface area contributed by atoms with Crippen molar-refractivity contribution in [2.24, 2.45) is 4.99 Å². The highest BCUT2D eigenvalue weighted by atomic mass is 79.9. The van der Waals surface area contributed by atoms with E-state index in [0.717, 1.165) is 15.4 Å². The lowest BCUT2D eigenvalue weighted by Crippen LogP contribution is -2.36. The quantitative estimate of drug-likeness (QED) is 0.781. The molecular weight excluding hydrogens is 388 g/mol. The van der Waals surface area contributed by atoms with Gasteiger partial charge in [-0.3, -0.25) is 4.99 Å². The minimum Gasteiger partial charge on any atom is -0.360 e. The lowest BCUT2D eigenvalue weighted by Gasteiger charge is -2.23. The SMILES string of the molecule is Br.Brc1ccc(CSC2=NC3CCCCC3N2)cc1. The molecule has 0 spiro atoms. The summed E-state index contributed by atoms with van der Waals surface area (Å²) in [7, 11) is 0. The predicted molar refractivity (Wildman–Crippen MR) is 92.4 cm³/mol. The monoisotopic (exact) mass is 404 g/mol. The zero-order valence-electron chi connectivity index (χ0n) is 10.6. The van der Waals surface area contributed by atoms with Crippen molar-refractivity contribution in [2.75, 3.05) is 0 Å². The van der Waals surface area contributed by atoms with Crippen molar-refractivity contribution < 1.29 is 0 Å². The van der Waals surface area contributed by atoms with Crippen LogP contribution in [0.3, 0.4) is 0 Å². The second kappa shape index (κ2) is 7.14. The number of halogens is 2. The van der Waals surface area contributed by atoms with Gasteiger partial charge in [0.2, 0.25) is 0 Å². The Morgan fingerprint density at radius 1 is 1.21 bits per heavy atom. The molecule has 0 saturated heterocycles. The Hall–Kier alpha value is -0.000000000000000111. The fourth-order valence-corrected chi connectivity index (χ4v) is 3.80. The molecule has 1 heterocycles. The van der Waals surface area contributed by atoms with Crippen molar-refractivity contribution in [2.45, 2.75) is 43.5 Å². The Balaban J connectivity index is 0.00000133. The van der Waals surface area contributed by atoms with E-state index in [1.54, 1.807) is 0 Å². The standard InChI is InChI=1S/C14H17BrN2S.BrH/c15-11-7-5-10(6-8-11)9-18-14-16-12-3-1-2-4-13(12)17-14;/h5-8,12-13H,1-4,9H2,(H,16,17);1H. The van der Waals surface area contributed by atoms with Gasteiger partial charge in [0.1, 0.15) is 0 Å². The first kappa shape index (κ1) is 15.4. The van der Waals surface area contributed by atoms with E-state index in [-0.39, 0.29) is 17.0 Å².